The molecule has 3 rings (SSSR count). The van der Waals surface area contributed by atoms with E-state index in [2.05, 4.69) is 5.32 Å². The van der Waals surface area contributed by atoms with Gasteiger partial charge in [-0.05, 0) is 43.0 Å². The molecule has 10 nitrogen and oxygen atoms in total. The molecule has 10 heteroatoms. The van der Waals surface area contributed by atoms with Crippen LogP contribution in [0.25, 0.3) is 0 Å². The molecule has 1 fully saturated rings. The Balaban J connectivity index is 1.92. The van der Waals surface area contributed by atoms with Gasteiger partial charge in [-0.3, -0.25) is 14.5 Å². The van der Waals surface area contributed by atoms with Crippen LogP contribution >= 0.6 is 0 Å². The van der Waals surface area contributed by atoms with Crippen LogP contribution in [0.3, 0.4) is 0 Å². The Labute approximate surface area is 222 Å². The summed E-state index contributed by atoms with van der Waals surface area (Å²) < 4.78 is 20.8. The molecule has 1 aliphatic heterocycles. The fourth-order valence-corrected chi connectivity index (χ4v) is 4.62. The molecule has 1 N–H and O–H groups in total. The molecule has 0 spiro atoms. The minimum atomic E-state index is -1.36. The molecule has 0 aliphatic carbocycles. The average Bonchev–Trinajstić information content (AvgIpc) is 3.35. The minimum Gasteiger partial charge on any atom is -0.497 e. The first-order valence-corrected chi connectivity index (χ1v) is 12.4. The Bertz CT molecular complexity index is 1120. The minimum absolute atomic E-state index is 0.0463. The van der Waals surface area contributed by atoms with Gasteiger partial charge in [0.2, 0.25) is 5.91 Å². The molecule has 1 heterocycles. The molecular weight excluding hydrogens is 492 g/mol. The van der Waals surface area contributed by atoms with Crippen molar-refractivity contribution in [2.24, 2.45) is 0 Å². The van der Waals surface area contributed by atoms with E-state index in [9.17, 15) is 19.2 Å². The van der Waals surface area contributed by atoms with Crippen molar-refractivity contribution < 1.29 is 38.1 Å². The second-order valence-corrected chi connectivity index (χ2v) is 9.14. The summed E-state index contributed by atoms with van der Waals surface area (Å²) in [6.07, 6.45) is -0.591. The van der Waals surface area contributed by atoms with Crippen molar-refractivity contribution in [3.63, 3.8) is 0 Å². The van der Waals surface area contributed by atoms with Crippen molar-refractivity contribution in [2.75, 3.05) is 20.8 Å². The van der Waals surface area contributed by atoms with Crippen molar-refractivity contribution in [3.05, 3.63) is 65.7 Å². The van der Waals surface area contributed by atoms with E-state index in [1.54, 1.807) is 19.2 Å². The lowest BCUT2D eigenvalue weighted by Gasteiger charge is -2.38. The van der Waals surface area contributed by atoms with Crippen LogP contribution in [-0.4, -0.2) is 67.3 Å². The topological polar surface area (TPSA) is 120 Å². The van der Waals surface area contributed by atoms with E-state index in [1.807, 2.05) is 42.5 Å². The quantitative estimate of drug-likeness (QED) is 0.371. The molecular formula is C28H34N2O8. The highest BCUT2D eigenvalue weighted by Crippen LogP contribution is 2.35. The van der Waals surface area contributed by atoms with Crippen LogP contribution < -0.4 is 10.1 Å². The smallest absolute Gasteiger partial charge is 0.411 e. The van der Waals surface area contributed by atoms with Gasteiger partial charge in [-0.25, -0.2) is 9.59 Å². The van der Waals surface area contributed by atoms with Crippen molar-refractivity contribution in [1.82, 2.24) is 10.2 Å². The van der Waals surface area contributed by atoms with Gasteiger partial charge < -0.3 is 24.3 Å². The number of nitrogens with zero attached hydrogens (tertiary/aromatic N) is 1. The third-order valence-corrected chi connectivity index (χ3v) is 6.56. The summed E-state index contributed by atoms with van der Waals surface area (Å²) in [5, 5.41) is 2.69. The number of amides is 2. The summed E-state index contributed by atoms with van der Waals surface area (Å²) in [6.45, 7) is 3.03. The lowest BCUT2D eigenvalue weighted by molar-refractivity contribution is -0.157. The number of benzene rings is 2. The maximum absolute atomic E-state index is 14.0. The fraction of sp³-hybridized carbons (Fsp3) is 0.429. The number of hydrogen-bond donors (Lipinski definition) is 1. The summed E-state index contributed by atoms with van der Waals surface area (Å²) in [5.41, 5.74) is 0.238. The van der Waals surface area contributed by atoms with Crippen LogP contribution in [0.4, 0.5) is 4.79 Å². The van der Waals surface area contributed by atoms with Gasteiger partial charge in [0.25, 0.3) is 0 Å². The van der Waals surface area contributed by atoms with E-state index in [4.69, 9.17) is 18.9 Å². The largest absolute Gasteiger partial charge is 0.497 e. The molecule has 0 bridgehead atoms. The zero-order valence-electron chi connectivity index (χ0n) is 22.1. The molecule has 1 saturated heterocycles. The first-order valence-electron chi connectivity index (χ1n) is 12.4. The number of nitrogens with one attached hydrogen (secondary N) is 1. The predicted molar refractivity (Wildman–Crippen MR) is 137 cm³/mol. The van der Waals surface area contributed by atoms with Crippen molar-refractivity contribution in [2.45, 2.75) is 57.4 Å². The Morgan fingerprint density at radius 2 is 1.68 bits per heavy atom. The number of methoxy groups -OCH3 is 2. The monoisotopic (exact) mass is 526 g/mol. The van der Waals surface area contributed by atoms with Gasteiger partial charge in [0.05, 0.1) is 14.2 Å². The number of likely N-dealkylation sites (tertiary alicyclic amines) is 1. The van der Waals surface area contributed by atoms with E-state index in [1.165, 1.54) is 25.9 Å². The van der Waals surface area contributed by atoms with Crippen LogP contribution in [0, 0.1) is 0 Å². The standard InChI is InChI=1S/C28H34N2O8/c1-19(38-20(2)31)24(25(32)36-4)29-26(33)28(17-21-11-13-23(35-3)14-12-21)15-8-16-30(28)27(34)37-18-22-9-6-5-7-10-22/h5-7,9-14,19,24H,8,15-18H2,1-4H3,(H,29,33). The molecule has 204 valence electrons. The van der Waals surface area contributed by atoms with Crippen LogP contribution in [0.1, 0.15) is 37.8 Å². The second-order valence-electron chi connectivity index (χ2n) is 9.14. The molecule has 1 aliphatic rings. The Morgan fingerprint density at radius 3 is 2.29 bits per heavy atom. The summed E-state index contributed by atoms with van der Waals surface area (Å²) >= 11 is 0. The van der Waals surface area contributed by atoms with Crippen molar-refractivity contribution in [3.8, 4) is 5.75 Å². The van der Waals surface area contributed by atoms with Crippen LogP contribution in [0.2, 0.25) is 0 Å². The summed E-state index contributed by atoms with van der Waals surface area (Å²) in [5.74, 6) is -1.31. The first-order chi connectivity index (χ1) is 18.2. The van der Waals surface area contributed by atoms with Gasteiger partial charge in [-0.2, -0.15) is 0 Å². The van der Waals surface area contributed by atoms with Gasteiger partial charge in [-0.15, -0.1) is 0 Å². The van der Waals surface area contributed by atoms with E-state index < -0.39 is 41.6 Å². The third kappa shape index (κ3) is 6.81. The Hall–Kier alpha value is -4.08. The van der Waals surface area contributed by atoms with Gasteiger partial charge >= 0.3 is 18.0 Å². The van der Waals surface area contributed by atoms with E-state index in [0.29, 0.717) is 25.1 Å². The molecule has 2 amide bonds. The highest BCUT2D eigenvalue weighted by Gasteiger charge is 2.51. The number of rotatable bonds is 10. The van der Waals surface area contributed by atoms with Crippen molar-refractivity contribution in [1.29, 1.82) is 0 Å². The van der Waals surface area contributed by atoms with Crippen molar-refractivity contribution >= 4 is 23.9 Å². The zero-order chi connectivity index (χ0) is 27.7. The van der Waals surface area contributed by atoms with E-state index >= 15 is 0 Å². The lowest BCUT2D eigenvalue weighted by atomic mass is 9.86. The van der Waals surface area contributed by atoms with Crippen LogP contribution in [0.15, 0.2) is 54.6 Å². The number of hydrogen-bond acceptors (Lipinski definition) is 8. The summed E-state index contributed by atoms with van der Waals surface area (Å²) in [4.78, 5) is 52.8. The summed E-state index contributed by atoms with van der Waals surface area (Å²) in [6, 6.07) is 15.1. The van der Waals surface area contributed by atoms with Crippen LogP contribution in [-0.2, 0) is 41.6 Å². The molecule has 3 atom stereocenters. The van der Waals surface area contributed by atoms with Gasteiger partial charge in [0, 0.05) is 19.9 Å². The highest BCUT2D eigenvalue weighted by atomic mass is 16.6. The third-order valence-electron chi connectivity index (χ3n) is 6.56. The van der Waals surface area contributed by atoms with Gasteiger partial charge in [0.1, 0.15) is 24.0 Å². The number of carbonyl (C=O) groups is 4. The molecule has 3 unspecified atom stereocenters. The Kier molecular flexibility index (Phi) is 9.70. The maximum atomic E-state index is 14.0. The lowest BCUT2D eigenvalue weighted by Crippen LogP contribution is -2.62. The fourth-order valence-electron chi connectivity index (χ4n) is 4.62. The average molecular weight is 527 g/mol. The molecule has 0 radical (unpaired) electrons. The van der Waals surface area contributed by atoms with Crippen LogP contribution in [0.5, 0.6) is 5.75 Å². The number of carbonyl (C=O) groups excluding carboxylic acids is 4. The van der Waals surface area contributed by atoms with E-state index in [0.717, 1.165) is 11.1 Å². The predicted octanol–water partition coefficient (Wildman–Crippen LogP) is 3.02. The maximum Gasteiger partial charge on any atom is 0.411 e. The van der Waals surface area contributed by atoms with Gasteiger partial charge in [-0.1, -0.05) is 42.5 Å². The number of ether oxygens (including phenoxy) is 4. The molecule has 0 aromatic heterocycles. The highest BCUT2D eigenvalue weighted by molar-refractivity contribution is 5.94. The van der Waals surface area contributed by atoms with E-state index in [-0.39, 0.29) is 13.0 Å². The SMILES string of the molecule is COC(=O)C(NC(=O)C1(Cc2ccc(OC)cc2)CCCN1C(=O)OCc1ccccc1)C(C)OC(C)=O. The second kappa shape index (κ2) is 12.9. The number of esters is 2. The molecule has 38 heavy (non-hydrogen) atoms. The normalized spacial score (nSPS) is 18.2. The Morgan fingerprint density at radius 1 is 1.00 bits per heavy atom. The molecule has 0 saturated carbocycles. The molecule has 2 aromatic carbocycles. The van der Waals surface area contributed by atoms with Gasteiger partial charge in [0.15, 0.2) is 6.04 Å². The molecule has 2 aromatic rings. The first kappa shape index (κ1) is 28.5. The summed E-state index contributed by atoms with van der Waals surface area (Å²) in [7, 11) is 2.74. The zero-order valence-corrected chi connectivity index (χ0v) is 22.1.